The maximum absolute atomic E-state index is 12.5. The quantitative estimate of drug-likeness (QED) is 0.221. The standard InChI is InChI=1S/C24H29N5O5S/c1-15(2)13-28-23(17(4)34-20-10-8-19(33-5)9-11-20)26-27-24(28)35-14-22(30)25-18-7-6-16(3)21(12-18)29(31)32/h6-12,15,17H,13-14H2,1-5H3,(H,25,30). The summed E-state index contributed by atoms with van der Waals surface area (Å²) in [6.07, 6.45) is -0.370. The highest BCUT2D eigenvalue weighted by Crippen LogP contribution is 2.27. The van der Waals surface area contributed by atoms with Crippen molar-refractivity contribution in [3.05, 3.63) is 64.0 Å². The molecule has 10 nitrogen and oxygen atoms in total. The van der Waals surface area contributed by atoms with Crippen molar-refractivity contribution < 1.29 is 19.2 Å². The van der Waals surface area contributed by atoms with E-state index in [1.807, 2.05) is 35.8 Å². The van der Waals surface area contributed by atoms with E-state index in [1.165, 1.54) is 17.8 Å². The van der Waals surface area contributed by atoms with E-state index in [-0.39, 0.29) is 23.5 Å². The SMILES string of the molecule is COc1ccc(OC(C)c2nnc(SCC(=O)Nc3ccc(C)c([N+](=O)[O-])c3)n2CC(C)C)cc1. The van der Waals surface area contributed by atoms with Crippen LogP contribution in [0.15, 0.2) is 47.6 Å². The molecular formula is C24H29N5O5S. The fraction of sp³-hybridized carbons (Fsp3) is 0.375. The van der Waals surface area contributed by atoms with E-state index in [0.717, 1.165) is 5.75 Å². The van der Waals surface area contributed by atoms with Gasteiger partial charge in [-0.2, -0.15) is 0 Å². The summed E-state index contributed by atoms with van der Waals surface area (Å²) in [4.78, 5) is 23.2. The van der Waals surface area contributed by atoms with E-state index in [9.17, 15) is 14.9 Å². The molecule has 0 spiro atoms. The molecule has 1 atom stereocenters. The molecule has 1 heterocycles. The molecule has 0 aliphatic rings. The molecule has 0 radical (unpaired) electrons. The summed E-state index contributed by atoms with van der Waals surface area (Å²) in [5.74, 6) is 2.18. The van der Waals surface area contributed by atoms with Gasteiger partial charge in [-0.05, 0) is 50.1 Å². The van der Waals surface area contributed by atoms with Gasteiger partial charge in [0, 0.05) is 23.9 Å². The summed E-state index contributed by atoms with van der Waals surface area (Å²) in [6.45, 7) is 8.38. The molecule has 35 heavy (non-hydrogen) atoms. The molecule has 186 valence electrons. The molecule has 1 N–H and O–H groups in total. The lowest BCUT2D eigenvalue weighted by atomic mass is 10.2. The highest BCUT2D eigenvalue weighted by atomic mass is 32.2. The first-order valence-corrected chi connectivity index (χ1v) is 12.1. The minimum absolute atomic E-state index is 0.0392. The maximum atomic E-state index is 12.5. The number of amides is 1. The molecule has 1 amide bonds. The molecule has 2 aromatic carbocycles. The van der Waals surface area contributed by atoms with Crippen LogP contribution in [0.3, 0.4) is 0 Å². The van der Waals surface area contributed by atoms with E-state index in [2.05, 4.69) is 29.4 Å². The minimum atomic E-state index is -0.467. The molecule has 1 unspecified atom stereocenters. The van der Waals surface area contributed by atoms with E-state index in [4.69, 9.17) is 9.47 Å². The van der Waals surface area contributed by atoms with Crippen LogP contribution in [0.25, 0.3) is 0 Å². The van der Waals surface area contributed by atoms with Crippen LogP contribution >= 0.6 is 11.8 Å². The van der Waals surface area contributed by atoms with Gasteiger partial charge in [0.2, 0.25) is 5.91 Å². The van der Waals surface area contributed by atoms with Crippen molar-refractivity contribution in [3.63, 3.8) is 0 Å². The molecule has 0 saturated carbocycles. The Morgan fingerprint density at radius 1 is 1.14 bits per heavy atom. The average molecular weight is 500 g/mol. The highest BCUT2D eigenvalue weighted by molar-refractivity contribution is 7.99. The molecule has 0 aliphatic carbocycles. The predicted octanol–water partition coefficient (Wildman–Crippen LogP) is 5.03. The minimum Gasteiger partial charge on any atom is -0.497 e. The molecule has 3 aromatic rings. The Morgan fingerprint density at radius 3 is 2.46 bits per heavy atom. The van der Waals surface area contributed by atoms with Crippen molar-refractivity contribution in [1.29, 1.82) is 0 Å². The third-order valence-corrected chi connectivity index (χ3v) is 6.02. The average Bonchev–Trinajstić information content (AvgIpc) is 3.21. The number of rotatable bonds is 11. The molecule has 3 rings (SSSR count). The van der Waals surface area contributed by atoms with Crippen LogP contribution in [0.5, 0.6) is 11.5 Å². The maximum Gasteiger partial charge on any atom is 0.274 e. The molecule has 11 heteroatoms. The van der Waals surface area contributed by atoms with Gasteiger partial charge in [0.25, 0.3) is 5.69 Å². The number of ether oxygens (including phenoxy) is 2. The van der Waals surface area contributed by atoms with Gasteiger partial charge in [-0.25, -0.2) is 0 Å². The van der Waals surface area contributed by atoms with Crippen molar-refractivity contribution in [3.8, 4) is 11.5 Å². The topological polar surface area (TPSA) is 121 Å². The fourth-order valence-corrected chi connectivity index (χ4v) is 4.12. The van der Waals surface area contributed by atoms with E-state index >= 15 is 0 Å². The van der Waals surface area contributed by atoms with Crippen LogP contribution < -0.4 is 14.8 Å². The molecular weight excluding hydrogens is 470 g/mol. The van der Waals surface area contributed by atoms with Crippen molar-refractivity contribution in [2.75, 3.05) is 18.2 Å². The van der Waals surface area contributed by atoms with Crippen LogP contribution in [0.2, 0.25) is 0 Å². The number of thioether (sulfide) groups is 1. The predicted molar refractivity (Wildman–Crippen MR) is 134 cm³/mol. The zero-order valence-corrected chi connectivity index (χ0v) is 21.2. The summed E-state index contributed by atoms with van der Waals surface area (Å²) >= 11 is 1.25. The third-order valence-electron chi connectivity index (χ3n) is 5.05. The summed E-state index contributed by atoms with van der Waals surface area (Å²) < 4.78 is 13.2. The number of benzene rings is 2. The zero-order valence-electron chi connectivity index (χ0n) is 20.3. The second kappa shape index (κ2) is 11.7. The van der Waals surface area contributed by atoms with Crippen molar-refractivity contribution in [2.45, 2.75) is 45.5 Å². The lowest BCUT2D eigenvalue weighted by molar-refractivity contribution is -0.385. The number of methoxy groups -OCH3 is 1. The first-order valence-electron chi connectivity index (χ1n) is 11.1. The van der Waals surface area contributed by atoms with E-state index < -0.39 is 4.92 Å². The number of nitro benzene ring substituents is 1. The zero-order chi connectivity index (χ0) is 25.5. The number of carbonyl (C=O) groups is 1. The highest BCUT2D eigenvalue weighted by Gasteiger charge is 2.21. The summed E-state index contributed by atoms with van der Waals surface area (Å²) in [5, 5.41) is 23.1. The van der Waals surface area contributed by atoms with Crippen LogP contribution in [-0.4, -0.2) is 38.5 Å². The van der Waals surface area contributed by atoms with Crippen LogP contribution in [0, 0.1) is 23.0 Å². The van der Waals surface area contributed by atoms with Gasteiger partial charge in [-0.1, -0.05) is 31.7 Å². The number of anilines is 1. The molecule has 0 fully saturated rings. The Kier molecular flexibility index (Phi) is 8.69. The van der Waals surface area contributed by atoms with E-state index in [0.29, 0.717) is 40.4 Å². The van der Waals surface area contributed by atoms with Crippen molar-refractivity contribution >= 4 is 29.0 Å². The first-order chi connectivity index (χ1) is 16.7. The van der Waals surface area contributed by atoms with Crippen LogP contribution in [-0.2, 0) is 11.3 Å². The molecule has 0 saturated heterocycles. The van der Waals surface area contributed by atoms with Gasteiger partial charge in [-0.3, -0.25) is 14.9 Å². The number of carbonyl (C=O) groups excluding carboxylic acids is 1. The van der Waals surface area contributed by atoms with Crippen LogP contribution in [0.1, 0.15) is 38.3 Å². The van der Waals surface area contributed by atoms with Gasteiger partial charge >= 0.3 is 0 Å². The molecule has 0 bridgehead atoms. The van der Waals surface area contributed by atoms with Gasteiger partial charge in [0.1, 0.15) is 11.5 Å². The Labute approximate surface area is 208 Å². The number of nitro groups is 1. The molecule has 0 aliphatic heterocycles. The van der Waals surface area contributed by atoms with Crippen LogP contribution in [0.4, 0.5) is 11.4 Å². The van der Waals surface area contributed by atoms with Gasteiger partial charge in [0.15, 0.2) is 17.1 Å². The Balaban J connectivity index is 1.69. The third kappa shape index (κ3) is 6.95. The number of aryl methyl sites for hydroxylation is 1. The Bertz CT molecular complexity index is 1180. The summed E-state index contributed by atoms with van der Waals surface area (Å²) in [7, 11) is 1.61. The number of nitrogens with one attached hydrogen (secondary N) is 1. The smallest absolute Gasteiger partial charge is 0.274 e. The molecule has 1 aromatic heterocycles. The number of hydrogen-bond acceptors (Lipinski definition) is 8. The monoisotopic (exact) mass is 499 g/mol. The van der Waals surface area contributed by atoms with Crippen molar-refractivity contribution in [2.24, 2.45) is 5.92 Å². The Hall–Kier alpha value is -3.60. The summed E-state index contributed by atoms with van der Waals surface area (Å²) in [5.41, 5.74) is 0.865. The van der Waals surface area contributed by atoms with Crippen molar-refractivity contribution in [1.82, 2.24) is 14.8 Å². The largest absolute Gasteiger partial charge is 0.497 e. The first kappa shape index (κ1) is 26.0. The van der Waals surface area contributed by atoms with E-state index in [1.54, 1.807) is 26.2 Å². The number of aromatic nitrogens is 3. The fourth-order valence-electron chi connectivity index (χ4n) is 3.37. The number of nitrogens with zero attached hydrogens (tertiary/aromatic N) is 4. The normalized spacial score (nSPS) is 11.8. The summed E-state index contributed by atoms with van der Waals surface area (Å²) in [6, 6.07) is 11.9. The second-order valence-corrected chi connectivity index (χ2v) is 9.32. The lowest BCUT2D eigenvalue weighted by Gasteiger charge is -2.18. The second-order valence-electron chi connectivity index (χ2n) is 8.38. The Morgan fingerprint density at radius 2 is 1.83 bits per heavy atom. The lowest BCUT2D eigenvalue weighted by Crippen LogP contribution is -2.17. The van der Waals surface area contributed by atoms with Gasteiger partial charge < -0.3 is 19.4 Å². The van der Waals surface area contributed by atoms with Gasteiger partial charge in [-0.15, -0.1) is 10.2 Å². The number of hydrogen-bond donors (Lipinski definition) is 1. The van der Waals surface area contributed by atoms with Gasteiger partial charge in [0.05, 0.1) is 17.8 Å².